The van der Waals surface area contributed by atoms with Crippen molar-refractivity contribution in [1.82, 2.24) is 11.1 Å². The van der Waals surface area contributed by atoms with Crippen molar-refractivity contribution < 1.29 is 4.79 Å². The number of urea groups is 1. The van der Waals surface area contributed by atoms with Crippen LogP contribution < -0.4 is 11.1 Å². The number of rotatable bonds is 1. The van der Waals surface area contributed by atoms with Crippen molar-refractivity contribution in [1.29, 1.82) is 0 Å². The van der Waals surface area contributed by atoms with Crippen molar-refractivity contribution in [3.8, 4) is 0 Å². The van der Waals surface area contributed by atoms with E-state index in [4.69, 9.17) is 28.9 Å². The molecule has 0 aromatic heterocycles. The molecule has 3 radical (unpaired) electrons. The zero-order valence-electron chi connectivity index (χ0n) is 5.79. The fourth-order valence-electron chi connectivity index (χ4n) is 0.665. The Morgan fingerprint density at radius 3 is 2.50 bits per heavy atom. The maximum Gasteiger partial charge on any atom is 0.386 e. The minimum Gasteiger partial charge on any atom is -0.242 e. The average molecular weight is 202 g/mol. The Morgan fingerprint density at radius 2 is 2.00 bits per heavy atom. The highest BCUT2D eigenvalue weighted by molar-refractivity contribution is 6.42. The zero-order chi connectivity index (χ0) is 9.14. The third-order valence-electron chi connectivity index (χ3n) is 1.13. The largest absolute Gasteiger partial charge is 0.386 e. The van der Waals surface area contributed by atoms with Gasteiger partial charge in [0.05, 0.1) is 15.7 Å². The van der Waals surface area contributed by atoms with Crippen molar-refractivity contribution in [2.45, 2.75) is 0 Å². The number of carbonyl (C=O) groups excluding carboxylic acids is 1. The summed E-state index contributed by atoms with van der Waals surface area (Å²) in [6.45, 7) is 0. The van der Waals surface area contributed by atoms with Gasteiger partial charge in [-0.25, -0.2) is 4.79 Å². The van der Waals surface area contributed by atoms with Crippen LogP contribution in [-0.4, -0.2) is 6.03 Å². The van der Waals surface area contributed by atoms with Crippen molar-refractivity contribution in [3.05, 3.63) is 28.2 Å². The van der Waals surface area contributed by atoms with Gasteiger partial charge in [0.25, 0.3) is 0 Å². The summed E-state index contributed by atoms with van der Waals surface area (Å²) in [6.07, 6.45) is 0. The molecule has 0 heterocycles. The molecule has 0 atom stereocenters. The van der Waals surface area contributed by atoms with E-state index < -0.39 is 6.03 Å². The molecule has 0 aliphatic carbocycles. The molecule has 0 fully saturated rings. The molecule has 0 N–H and O–H groups in total. The summed E-state index contributed by atoms with van der Waals surface area (Å²) in [7, 11) is 0. The van der Waals surface area contributed by atoms with E-state index in [-0.39, 0.29) is 5.69 Å². The first-order valence-electron chi connectivity index (χ1n) is 2.99. The Kier molecular flexibility index (Phi) is 2.78. The number of carbonyl (C=O) groups is 1. The van der Waals surface area contributed by atoms with Gasteiger partial charge < -0.3 is 0 Å². The van der Waals surface area contributed by atoms with Crippen molar-refractivity contribution in [2.75, 3.05) is 0 Å². The lowest BCUT2D eigenvalue weighted by Crippen LogP contribution is -2.07. The van der Waals surface area contributed by atoms with E-state index in [2.05, 4.69) is 5.32 Å². The number of nitrogens with zero attached hydrogens (tertiary/aromatic N) is 2. The quantitative estimate of drug-likeness (QED) is 0.689. The van der Waals surface area contributed by atoms with Crippen molar-refractivity contribution in [3.63, 3.8) is 0 Å². The van der Waals surface area contributed by atoms with Gasteiger partial charge >= 0.3 is 6.03 Å². The van der Waals surface area contributed by atoms with E-state index in [1.165, 1.54) is 18.2 Å². The Balaban J connectivity index is 2.89. The molecular weight excluding hydrogens is 199 g/mol. The Hall–Kier alpha value is -0.930. The summed E-state index contributed by atoms with van der Waals surface area (Å²) in [5.74, 6) is 0. The summed E-state index contributed by atoms with van der Waals surface area (Å²) in [4.78, 5) is 10.1. The molecular formula is C7H3Cl2N2O. The zero-order valence-corrected chi connectivity index (χ0v) is 7.30. The van der Waals surface area contributed by atoms with Crippen LogP contribution in [0.15, 0.2) is 18.2 Å². The van der Waals surface area contributed by atoms with Crippen LogP contribution in [-0.2, 0) is 0 Å². The normalized spacial score (nSPS) is 9.50. The minimum atomic E-state index is -1.26. The van der Waals surface area contributed by atoms with Gasteiger partial charge in [-0.3, -0.25) is 0 Å². The third kappa shape index (κ3) is 2.29. The molecule has 0 saturated heterocycles. The maximum atomic E-state index is 10.1. The predicted molar refractivity (Wildman–Crippen MR) is 45.8 cm³/mol. The first-order valence-corrected chi connectivity index (χ1v) is 3.75. The average Bonchev–Trinajstić information content (AvgIpc) is 1.96. The molecule has 61 valence electrons. The van der Waals surface area contributed by atoms with Crippen molar-refractivity contribution >= 4 is 34.9 Å². The van der Waals surface area contributed by atoms with Gasteiger partial charge in [0.15, 0.2) is 0 Å². The summed E-state index contributed by atoms with van der Waals surface area (Å²) in [5.41, 5.74) is 8.56. The van der Waals surface area contributed by atoms with Gasteiger partial charge in [0, 0.05) is 0 Å². The Bertz CT molecular complexity index is 314. The molecule has 12 heavy (non-hydrogen) atoms. The van der Waals surface area contributed by atoms with E-state index in [0.29, 0.717) is 10.0 Å². The van der Waals surface area contributed by atoms with E-state index in [1.54, 1.807) is 0 Å². The standard InChI is InChI=1S/C7H3Cl2N2O/c8-5-2-1-4(3-6(5)9)11-7(10)12/h1-3H. The van der Waals surface area contributed by atoms with Crippen molar-refractivity contribution in [2.24, 2.45) is 0 Å². The summed E-state index contributed by atoms with van der Waals surface area (Å²) < 4.78 is 0. The van der Waals surface area contributed by atoms with Crippen LogP contribution in [0.4, 0.5) is 10.5 Å². The first-order chi connectivity index (χ1) is 5.59. The highest BCUT2D eigenvalue weighted by atomic mass is 35.5. The number of hydrogen-bond donors (Lipinski definition) is 0. The predicted octanol–water partition coefficient (Wildman–Crippen LogP) is 2.42. The van der Waals surface area contributed by atoms with Crippen LogP contribution in [0, 0.1) is 0 Å². The van der Waals surface area contributed by atoms with Crippen LogP contribution in [0.3, 0.4) is 0 Å². The third-order valence-corrected chi connectivity index (χ3v) is 1.87. The molecule has 0 bridgehead atoms. The number of hydrogen-bond acceptors (Lipinski definition) is 1. The fraction of sp³-hybridized carbons (Fsp3) is 0. The monoisotopic (exact) mass is 201 g/mol. The van der Waals surface area contributed by atoms with Crippen LogP contribution >= 0.6 is 23.2 Å². The van der Waals surface area contributed by atoms with Gasteiger partial charge in [0.2, 0.25) is 0 Å². The van der Waals surface area contributed by atoms with E-state index >= 15 is 0 Å². The maximum absolute atomic E-state index is 10.1. The fourth-order valence-corrected chi connectivity index (χ4v) is 0.957. The van der Waals surface area contributed by atoms with Crippen LogP contribution in [0.2, 0.25) is 10.0 Å². The Morgan fingerprint density at radius 1 is 1.33 bits per heavy atom. The SMILES string of the molecule is [N]C(=O)[N]c1ccc(Cl)c(Cl)c1. The van der Waals surface area contributed by atoms with E-state index in [9.17, 15) is 4.79 Å². The molecule has 2 amide bonds. The molecule has 1 aromatic carbocycles. The molecule has 1 rings (SSSR count). The van der Waals surface area contributed by atoms with Gasteiger partial charge in [0.1, 0.15) is 0 Å². The lowest BCUT2D eigenvalue weighted by molar-refractivity contribution is 0.250. The highest BCUT2D eigenvalue weighted by Gasteiger charge is 2.03. The van der Waals surface area contributed by atoms with Gasteiger partial charge in [-0.1, -0.05) is 28.9 Å². The van der Waals surface area contributed by atoms with Crippen LogP contribution in [0.25, 0.3) is 0 Å². The Labute approximate surface area is 79.5 Å². The van der Waals surface area contributed by atoms with E-state index in [1.807, 2.05) is 0 Å². The molecule has 0 saturated carbocycles. The molecule has 3 nitrogen and oxygen atoms in total. The second-order valence-corrected chi connectivity index (χ2v) is 2.81. The number of halogens is 2. The van der Waals surface area contributed by atoms with Crippen LogP contribution in [0.1, 0.15) is 0 Å². The molecule has 1 aromatic rings. The van der Waals surface area contributed by atoms with Gasteiger partial charge in [-0.05, 0) is 18.2 Å². The molecule has 0 aliphatic heterocycles. The highest BCUT2D eigenvalue weighted by Crippen LogP contribution is 2.24. The molecule has 0 spiro atoms. The second-order valence-electron chi connectivity index (χ2n) is 1.99. The summed E-state index contributed by atoms with van der Waals surface area (Å²) in [6, 6.07) is 3.10. The second kappa shape index (κ2) is 3.65. The first kappa shape index (κ1) is 9.16. The molecule has 0 unspecified atom stereocenters. The molecule has 5 heteroatoms. The van der Waals surface area contributed by atoms with Gasteiger partial charge in [-0.15, -0.1) is 0 Å². The van der Waals surface area contributed by atoms with Crippen LogP contribution in [0.5, 0.6) is 0 Å². The number of amides is 2. The number of benzene rings is 1. The minimum absolute atomic E-state index is 0.275. The lowest BCUT2D eigenvalue weighted by Gasteiger charge is -1.98. The van der Waals surface area contributed by atoms with Gasteiger partial charge in [-0.2, -0.15) is 5.32 Å². The summed E-state index contributed by atoms with van der Waals surface area (Å²) >= 11 is 11.2. The summed E-state index contributed by atoms with van der Waals surface area (Å²) in [5, 5.41) is 3.90. The smallest absolute Gasteiger partial charge is 0.242 e. The topological polar surface area (TPSA) is 53.5 Å². The lowest BCUT2D eigenvalue weighted by atomic mass is 10.3. The molecule has 0 aliphatic rings. The van der Waals surface area contributed by atoms with E-state index in [0.717, 1.165) is 0 Å².